The highest BCUT2D eigenvalue weighted by atomic mass is 79.9. The third-order valence-corrected chi connectivity index (χ3v) is 3.61. The molecule has 0 atom stereocenters. The van der Waals surface area contributed by atoms with E-state index in [1.807, 2.05) is 0 Å². The fourth-order valence-corrected chi connectivity index (χ4v) is 2.40. The van der Waals surface area contributed by atoms with Gasteiger partial charge in [0.05, 0.1) is 5.69 Å². The molecule has 1 aromatic carbocycles. The van der Waals surface area contributed by atoms with Crippen LogP contribution in [-0.4, -0.2) is 15.8 Å². The maximum atomic E-state index is 12.6. The van der Waals surface area contributed by atoms with Crippen molar-refractivity contribution in [1.82, 2.24) is 9.55 Å². The summed E-state index contributed by atoms with van der Waals surface area (Å²) in [5.74, 6) is 0. The van der Waals surface area contributed by atoms with Crippen LogP contribution in [0.5, 0.6) is 0 Å². The van der Waals surface area contributed by atoms with Gasteiger partial charge in [-0.25, -0.2) is 4.98 Å². The van der Waals surface area contributed by atoms with E-state index < -0.39 is 17.4 Å². The molecule has 0 fully saturated rings. The first-order valence-corrected chi connectivity index (χ1v) is 7.36. The summed E-state index contributed by atoms with van der Waals surface area (Å²) in [6, 6.07) is 7.15. The van der Waals surface area contributed by atoms with Crippen LogP contribution in [0.1, 0.15) is 5.69 Å². The first-order chi connectivity index (χ1) is 9.32. The van der Waals surface area contributed by atoms with Gasteiger partial charge in [-0.15, -0.1) is 0 Å². The molecule has 0 aliphatic heterocycles. The fraction of sp³-hybridized carbons (Fsp3) is 0.167. The van der Waals surface area contributed by atoms with Crippen LogP contribution in [-0.2, 0) is 6.18 Å². The summed E-state index contributed by atoms with van der Waals surface area (Å²) in [5, 5.41) is -0.00727. The van der Waals surface area contributed by atoms with Crippen LogP contribution in [0.15, 0.2) is 44.8 Å². The van der Waals surface area contributed by atoms with Crippen molar-refractivity contribution in [2.75, 3.05) is 6.26 Å². The van der Waals surface area contributed by atoms with Crippen molar-refractivity contribution < 1.29 is 13.2 Å². The molecule has 1 aromatic heterocycles. The predicted octanol–water partition coefficient (Wildman–Crippen LogP) is 3.74. The number of aromatic nitrogens is 2. The zero-order chi connectivity index (χ0) is 14.9. The van der Waals surface area contributed by atoms with Crippen LogP contribution < -0.4 is 5.56 Å². The number of halogens is 4. The molecule has 106 valence electrons. The monoisotopic (exact) mass is 364 g/mol. The molecule has 1 heterocycles. The summed E-state index contributed by atoms with van der Waals surface area (Å²) in [4.78, 5) is 15.5. The summed E-state index contributed by atoms with van der Waals surface area (Å²) >= 11 is 4.23. The fourth-order valence-electron chi connectivity index (χ4n) is 1.57. The van der Waals surface area contributed by atoms with Crippen molar-refractivity contribution in [1.29, 1.82) is 0 Å². The summed E-state index contributed by atoms with van der Waals surface area (Å²) in [6.07, 6.45) is -3.07. The van der Waals surface area contributed by atoms with E-state index in [0.717, 1.165) is 20.8 Å². The lowest BCUT2D eigenvalue weighted by Crippen LogP contribution is -2.24. The molecule has 0 radical (unpaired) electrons. The van der Waals surface area contributed by atoms with Gasteiger partial charge in [-0.05, 0) is 30.5 Å². The number of thioether (sulfide) groups is 1. The Balaban J connectivity index is 2.65. The molecule has 8 heteroatoms. The molecule has 3 nitrogen and oxygen atoms in total. The van der Waals surface area contributed by atoms with E-state index in [1.54, 1.807) is 30.5 Å². The van der Waals surface area contributed by atoms with Gasteiger partial charge in [-0.3, -0.25) is 9.36 Å². The largest absolute Gasteiger partial charge is 0.433 e. The molecule has 20 heavy (non-hydrogen) atoms. The van der Waals surface area contributed by atoms with Crippen LogP contribution in [0.2, 0.25) is 0 Å². The maximum Gasteiger partial charge on any atom is 0.433 e. The van der Waals surface area contributed by atoms with Crippen molar-refractivity contribution in [3.63, 3.8) is 0 Å². The van der Waals surface area contributed by atoms with Crippen LogP contribution >= 0.6 is 27.7 Å². The molecule has 0 aliphatic carbocycles. The lowest BCUT2D eigenvalue weighted by atomic mass is 10.3. The molecule has 0 aliphatic rings. The van der Waals surface area contributed by atoms with Crippen LogP contribution in [0.25, 0.3) is 5.69 Å². The Morgan fingerprint density at radius 3 is 2.35 bits per heavy atom. The van der Waals surface area contributed by atoms with Gasteiger partial charge in [-0.1, -0.05) is 27.7 Å². The second-order valence-electron chi connectivity index (χ2n) is 3.78. The number of hydrogen-bond acceptors (Lipinski definition) is 3. The Bertz CT molecular complexity index is 683. The van der Waals surface area contributed by atoms with Gasteiger partial charge in [0.15, 0.2) is 10.9 Å². The van der Waals surface area contributed by atoms with Gasteiger partial charge in [0.1, 0.15) is 0 Å². The van der Waals surface area contributed by atoms with Gasteiger partial charge < -0.3 is 0 Å². The SMILES string of the molecule is CSc1nc(C(F)(F)F)cc(=O)n1-c1ccc(Br)cc1. The van der Waals surface area contributed by atoms with E-state index in [2.05, 4.69) is 20.9 Å². The standard InChI is InChI=1S/C12H8BrF3N2OS/c1-20-11-17-9(12(14,15)16)6-10(19)18(11)8-4-2-7(13)3-5-8/h2-6H,1H3. The van der Waals surface area contributed by atoms with Crippen LogP contribution in [0.3, 0.4) is 0 Å². The number of benzene rings is 1. The minimum absolute atomic E-state index is 0.00727. The maximum absolute atomic E-state index is 12.6. The number of hydrogen-bond donors (Lipinski definition) is 0. The minimum atomic E-state index is -4.64. The van der Waals surface area contributed by atoms with Crippen molar-refractivity contribution in [2.24, 2.45) is 0 Å². The molecule has 2 rings (SSSR count). The average Bonchev–Trinajstić information content (AvgIpc) is 2.38. The summed E-state index contributed by atoms with van der Waals surface area (Å²) in [7, 11) is 0. The second-order valence-corrected chi connectivity index (χ2v) is 5.46. The molecule has 0 spiro atoms. The van der Waals surface area contributed by atoms with Gasteiger partial charge in [-0.2, -0.15) is 13.2 Å². The molecule has 2 aromatic rings. The highest BCUT2D eigenvalue weighted by molar-refractivity contribution is 9.10. The van der Waals surface area contributed by atoms with Gasteiger partial charge >= 0.3 is 6.18 Å². The topological polar surface area (TPSA) is 34.9 Å². The van der Waals surface area contributed by atoms with E-state index in [-0.39, 0.29) is 5.16 Å². The third kappa shape index (κ3) is 3.06. The second kappa shape index (κ2) is 5.61. The Kier molecular flexibility index (Phi) is 4.24. The molecular weight excluding hydrogens is 357 g/mol. The molecule has 0 saturated heterocycles. The number of alkyl halides is 3. The van der Waals surface area contributed by atoms with Gasteiger partial charge in [0, 0.05) is 10.5 Å². The summed E-state index contributed by atoms with van der Waals surface area (Å²) in [5.41, 5.74) is -1.48. The van der Waals surface area contributed by atoms with E-state index in [4.69, 9.17) is 0 Å². The minimum Gasteiger partial charge on any atom is -0.269 e. The lowest BCUT2D eigenvalue weighted by molar-refractivity contribution is -0.141. The van der Waals surface area contributed by atoms with E-state index in [9.17, 15) is 18.0 Å². The highest BCUT2D eigenvalue weighted by Gasteiger charge is 2.34. The highest BCUT2D eigenvalue weighted by Crippen LogP contribution is 2.28. The van der Waals surface area contributed by atoms with Crippen LogP contribution in [0.4, 0.5) is 13.2 Å². The average molecular weight is 365 g/mol. The van der Waals surface area contributed by atoms with Crippen molar-refractivity contribution in [2.45, 2.75) is 11.3 Å². The number of rotatable bonds is 2. The van der Waals surface area contributed by atoms with Crippen LogP contribution in [0, 0.1) is 0 Å². The Morgan fingerprint density at radius 2 is 1.85 bits per heavy atom. The Hall–Kier alpha value is -1.28. The molecule has 0 unspecified atom stereocenters. The molecule has 0 amide bonds. The number of nitrogens with zero attached hydrogens (tertiary/aromatic N) is 2. The normalized spacial score (nSPS) is 11.7. The lowest BCUT2D eigenvalue weighted by Gasteiger charge is -2.13. The first kappa shape index (κ1) is 15.1. The predicted molar refractivity (Wildman–Crippen MR) is 74.3 cm³/mol. The molecule has 0 N–H and O–H groups in total. The Labute approximate surface area is 125 Å². The molecule has 0 bridgehead atoms. The zero-order valence-electron chi connectivity index (χ0n) is 10.1. The zero-order valence-corrected chi connectivity index (χ0v) is 12.5. The Morgan fingerprint density at radius 1 is 1.25 bits per heavy atom. The third-order valence-electron chi connectivity index (χ3n) is 2.45. The van der Waals surface area contributed by atoms with Crippen molar-refractivity contribution in [3.8, 4) is 5.69 Å². The van der Waals surface area contributed by atoms with Gasteiger partial charge in [0.2, 0.25) is 0 Å². The van der Waals surface area contributed by atoms with Crippen molar-refractivity contribution >= 4 is 27.7 Å². The van der Waals surface area contributed by atoms with E-state index >= 15 is 0 Å². The molecule has 0 saturated carbocycles. The first-order valence-electron chi connectivity index (χ1n) is 5.34. The smallest absolute Gasteiger partial charge is 0.269 e. The quantitative estimate of drug-likeness (QED) is 0.601. The van der Waals surface area contributed by atoms with Gasteiger partial charge in [0.25, 0.3) is 5.56 Å². The van der Waals surface area contributed by atoms with Crippen molar-refractivity contribution in [3.05, 3.63) is 50.9 Å². The van der Waals surface area contributed by atoms with E-state index in [0.29, 0.717) is 11.8 Å². The van der Waals surface area contributed by atoms with E-state index in [1.165, 1.54) is 0 Å². The summed E-state index contributed by atoms with van der Waals surface area (Å²) in [6.45, 7) is 0. The molecular formula is C12H8BrF3N2OS. The summed E-state index contributed by atoms with van der Waals surface area (Å²) < 4.78 is 39.9.